The van der Waals surface area contributed by atoms with Crippen molar-refractivity contribution in [1.82, 2.24) is 15.6 Å². The largest absolute Gasteiger partial charge is 0.493 e. The van der Waals surface area contributed by atoms with Crippen LogP contribution < -0.4 is 24.8 Å². The van der Waals surface area contributed by atoms with E-state index in [1.165, 1.54) is 21.3 Å². The van der Waals surface area contributed by atoms with Crippen LogP contribution in [0.1, 0.15) is 27.0 Å². The molecule has 2 amide bonds. The van der Waals surface area contributed by atoms with E-state index in [4.69, 9.17) is 14.2 Å². The first kappa shape index (κ1) is 27.2. The molecule has 0 aliphatic heterocycles. The number of carbonyl (C=O) groups is 2. The van der Waals surface area contributed by atoms with Crippen molar-refractivity contribution in [3.8, 4) is 28.4 Å². The standard InChI is InChI=1S/C31H31N3O5/c1-37-27-14-23(15-28(38-2)30(27)39-3)16-29(35)33-18-21-9-11-22(12-10-21)19-34-31(36)25-7-4-6-24(17-25)26-8-5-13-32-20-26/h4-15,17,20H,16,18-19H2,1-3H3,(H,33,35)(H,34,36). The van der Waals surface area contributed by atoms with Gasteiger partial charge in [-0.1, -0.05) is 42.5 Å². The van der Waals surface area contributed by atoms with Crippen molar-refractivity contribution in [2.45, 2.75) is 19.5 Å². The van der Waals surface area contributed by atoms with E-state index in [2.05, 4.69) is 15.6 Å². The van der Waals surface area contributed by atoms with Gasteiger partial charge in [0, 0.05) is 36.6 Å². The topological polar surface area (TPSA) is 98.8 Å². The molecule has 0 saturated carbocycles. The van der Waals surface area contributed by atoms with Gasteiger partial charge in [0.25, 0.3) is 5.91 Å². The fraction of sp³-hybridized carbons (Fsp3) is 0.194. The van der Waals surface area contributed by atoms with Gasteiger partial charge in [-0.25, -0.2) is 0 Å². The first-order valence-corrected chi connectivity index (χ1v) is 12.4. The second-order valence-corrected chi connectivity index (χ2v) is 8.81. The maximum absolute atomic E-state index is 12.7. The summed E-state index contributed by atoms with van der Waals surface area (Å²) in [6, 6.07) is 22.6. The van der Waals surface area contributed by atoms with Crippen LogP contribution in [0.3, 0.4) is 0 Å². The molecule has 39 heavy (non-hydrogen) atoms. The Labute approximate surface area is 228 Å². The monoisotopic (exact) mass is 525 g/mol. The summed E-state index contributed by atoms with van der Waals surface area (Å²) in [7, 11) is 4.62. The summed E-state index contributed by atoms with van der Waals surface area (Å²) < 4.78 is 16.1. The Morgan fingerprint density at radius 2 is 1.36 bits per heavy atom. The Bertz CT molecular complexity index is 1400. The molecule has 0 atom stereocenters. The molecule has 0 unspecified atom stereocenters. The summed E-state index contributed by atoms with van der Waals surface area (Å²) in [4.78, 5) is 29.4. The Morgan fingerprint density at radius 1 is 0.718 bits per heavy atom. The molecule has 4 rings (SSSR count). The highest BCUT2D eigenvalue weighted by Crippen LogP contribution is 2.38. The van der Waals surface area contributed by atoms with E-state index in [-0.39, 0.29) is 18.2 Å². The van der Waals surface area contributed by atoms with Crippen LogP contribution >= 0.6 is 0 Å². The lowest BCUT2D eigenvalue weighted by molar-refractivity contribution is -0.120. The first-order chi connectivity index (χ1) is 19.0. The normalized spacial score (nSPS) is 10.4. The quantitative estimate of drug-likeness (QED) is 0.298. The van der Waals surface area contributed by atoms with E-state index in [1.54, 1.807) is 30.6 Å². The second-order valence-electron chi connectivity index (χ2n) is 8.81. The first-order valence-electron chi connectivity index (χ1n) is 12.4. The molecule has 0 spiro atoms. The van der Waals surface area contributed by atoms with Crippen LogP contribution in [0.5, 0.6) is 17.2 Å². The van der Waals surface area contributed by atoms with Gasteiger partial charge in [-0.2, -0.15) is 0 Å². The predicted molar refractivity (Wildman–Crippen MR) is 149 cm³/mol. The van der Waals surface area contributed by atoms with E-state index < -0.39 is 0 Å². The highest BCUT2D eigenvalue weighted by atomic mass is 16.5. The molecule has 0 saturated heterocycles. The van der Waals surface area contributed by atoms with Gasteiger partial charge in [-0.15, -0.1) is 0 Å². The molecule has 0 aliphatic rings. The second kappa shape index (κ2) is 13.1. The third kappa shape index (κ3) is 7.13. The van der Waals surface area contributed by atoms with Crippen LogP contribution in [0, 0.1) is 0 Å². The van der Waals surface area contributed by atoms with Gasteiger partial charge in [0.15, 0.2) is 11.5 Å². The van der Waals surface area contributed by atoms with E-state index in [9.17, 15) is 9.59 Å². The molecule has 2 N–H and O–H groups in total. The number of rotatable bonds is 11. The molecular formula is C31H31N3O5. The minimum Gasteiger partial charge on any atom is -0.493 e. The number of ether oxygens (including phenoxy) is 3. The summed E-state index contributed by atoms with van der Waals surface area (Å²) >= 11 is 0. The minimum atomic E-state index is -0.149. The summed E-state index contributed by atoms with van der Waals surface area (Å²) in [5, 5.41) is 5.90. The Balaban J connectivity index is 1.28. The number of pyridine rings is 1. The van der Waals surface area contributed by atoms with Gasteiger partial charge < -0.3 is 24.8 Å². The molecule has 1 heterocycles. The Morgan fingerprint density at radius 3 is 1.95 bits per heavy atom. The summed E-state index contributed by atoms with van der Waals surface area (Å²) in [5.74, 6) is 1.21. The zero-order valence-electron chi connectivity index (χ0n) is 22.2. The number of hydrogen-bond acceptors (Lipinski definition) is 6. The number of nitrogens with one attached hydrogen (secondary N) is 2. The van der Waals surface area contributed by atoms with E-state index >= 15 is 0 Å². The molecule has 1 aromatic heterocycles. The van der Waals surface area contributed by atoms with Crippen LogP contribution in [0.4, 0.5) is 0 Å². The van der Waals surface area contributed by atoms with Crippen molar-refractivity contribution in [3.05, 3.63) is 107 Å². The van der Waals surface area contributed by atoms with Gasteiger partial charge in [-0.05, 0) is 52.6 Å². The van der Waals surface area contributed by atoms with E-state index in [0.717, 1.165) is 27.8 Å². The number of hydrogen-bond donors (Lipinski definition) is 2. The molecule has 3 aromatic carbocycles. The van der Waals surface area contributed by atoms with Gasteiger partial charge in [0.2, 0.25) is 11.7 Å². The van der Waals surface area contributed by atoms with Crippen molar-refractivity contribution in [2.75, 3.05) is 21.3 Å². The lowest BCUT2D eigenvalue weighted by Crippen LogP contribution is -2.24. The maximum Gasteiger partial charge on any atom is 0.251 e. The van der Waals surface area contributed by atoms with Crippen LogP contribution in [-0.2, 0) is 24.3 Å². The van der Waals surface area contributed by atoms with Gasteiger partial charge in [-0.3, -0.25) is 14.6 Å². The Hall–Kier alpha value is -4.85. The number of benzene rings is 3. The molecule has 0 aliphatic carbocycles. The van der Waals surface area contributed by atoms with Crippen LogP contribution in [0.25, 0.3) is 11.1 Å². The number of amides is 2. The predicted octanol–water partition coefficient (Wildman–Crippen LogP) is 4.56. The average Bonchev–Trinajstić information content (AvgIpc) is 2.99. The molecule has 0 bridgehead atoms. The lowest BCUT2D eigenvalue weighted by Gasteiger charge is -2.14. The SMILES string of the molecule is COc1cc(CC(=O)NCc2ccc(CNC(=O)c3cccc(-c4cccnc4)c3)cc2)cc(OC)c1OC. The zero-order chi connectivity index (χ0) is 27.6. The number of nitrogens with zero attached hydrogens (tertiary/aromatic N) is 1. The van der Waals surface area contributed by atoms with E-state index in [1.807, 2.05) is 54.6 Å². The highest BCUT2D eigenvalue weighted by molar-refractivity contribution is 5.95. The smallest absolute Gasteiger partial charge is 0.251 e. The fourth-order valence-corrected chi connectivity index (χ4v) is 4.12. The Kier molecular flexibility index (Phi) is 9.13. The van der Waals surface area contributed by atoms with Gasteiger partial charge in [0.05, 0.1) is 27.8 Å². The van der Waals surface area contributed by atoms with Gasteiger partial charge in [0.1, 0.15) is 0 Å². The van der Waals surface area contributed by atoms with Crippen molar-refractivity contribution >= 4 is 11.8 Å². The zero-order valence-corrected chi connectivity index (χ0v) is 22.2. The molecule has 0 fully saturated rings. The van der Waals surface area contributed by atoms with Crippen molar-refractivity contribution in [3.63, 3.8) is 0 Å². The van der Waals surface area contributed by atoms with Crippen molar-refractivity contribution < 1.29 is 23.8 Å². The van der Waals surface area contributed by atoms with Gasteiger partial charge >= 0.3 is 0 Å². The summed E-state index contributed by atoms with van der Waals surface area (Å²) in [5.41, 5.74) is 5.14. The molecular weight excluding hydrogens is 494 g/mol. The highest BCUT2D eigenvalue weighted by Gasteiger charge is 2.15. The summed E-state index contributed by atoms with van der Waals surface area (Å²) in [6.45, 7) is 0.779. The van der Waals surface area contributed by atoms with Crippen molar-refractivity contribution in [1.29, 1.82) is 0 Å². The summed E-state index contributed by atoms with van der Waals surface area (Å²) in [6.07, 6.45) is 3.66. The average molecular weight is 526 g/mol. The molecule has 8 heteroatoms. The van der Waals surface area contributed by atoms with Crippen LogP contribution in [0.2, 0.25) is 0 Å². The van der Waals surface area contributed by atoms with Crippen LogP contribution in [0.15, 0.2) is 85.2 Å². The third-order valence-electron chi connectivity index (χ3n) is 6.17. The molecule has 0 radical (unpaired) electrons. The molecule has 200 valence electrons. The third-order valence-corrected chi connectivity index (χ3v) is 6.17. The maximum atomic E-state index is 12.7. The molecule has 8 nitrogen and oxygen atoms in total. The lowest BCUT2D eigenvalue weighted by atomic mass is 10.0. The van der Waals surface area contributed by atoms with Crippen molar-refractivity contribution in [2.24, 2.45) is 0 Å². The number of carbonyl (C=O) groups excluding carboxylic acids is 2. The number of aromatic nitrogens is 1. The number of methoxy groups -OCH3 is 3. The molecule has 4 aromatic rings. The fourth-order valence-electron chi connectivity index (χ4n) is 4.12. The van der Waals surface area contributed by atoms with E-state index in [0.29, 0.717) is 35.9 Å². The van der Waals surface area contributed by atoms with Crippen LogP contribution in [-0.4, -0.2) is 38.1 Å². The minimum absolute atomic E-state index is 0.130.